The number of rotatable bonds is 5. The topological polar surface area (TPSA) is 117 Å². The fourth-order valence-corrected chi connectivity index (χ4v) is 3.83. The van der Waals surface area contributed by atoms with Crippen molar-refractivity contribution >= 4 is 11.7 Å². The Balaban J connectivity index is 1.64. The smallest absolute Gasteiger partial charge is 0.383 e. The van der Waals surface area contributed by atoms with Gasteiger partial charge in [-0.25, -0.2) is 4.68 Å². The number of piperidine rings is 1. The van der Waals surface area contributed by atoms with Gasteiger partial charge in [-0.1, -0.05) is 12.1 Å². The molecule has 1 aromatic carbocycles. The minimum atomic E-state index is -4.42. The highest BCUT2D eigenvalue weighted by molar-refractivity contribution is 6.03. The van der Waals surface area contributed by atoms with Gasteiger partial charge in [0.25, 0.3) is 5.91 Å². The summed E-state index contributed by atoms with van der Waals surface area (Å²) in [5, 5.41) is 12.0. The van der Waals surface area contributed by atoms with Crippen LogP contribution in [0.1, 0.15) is 40.4 Å². The highest BCUT2D eigenvalue weighted by Gasteiger charge is 2.30. The Morgan fingerprint density at radius 2 is 2.00 bits per heavy atom. The standard InChI is InChI=1S/C20H22F3N7O/c21-20(22,23)14-3-1-2-12(8-14)10-29-11-13(9-27-29)17-16(19(25)31)18(24)30(28-17)15-4-6-26-7-5-15/h1-3,8-9,11,15,26H,4-7,10,24H2,(H2,25,31). The second-order valence-electron chi connectivity index (χ2n) is 7.52. The van der Waals surface area contributed by atoms with E-state index in [9.17, 15) is 18.0 Å². The molecule has 31 heavy (non-hydrogen) atoms. The molecule has 0 spiro atoms. The van der Waals surface area contributed by atoms with E-state index in [0.29, 0.717) is 16.8 Å². The molecule has 1 fully saturated rings. The van der Waals surface area contributed by atoms with Crippen LogP contribution in [0, 0.1) is 0 Å². The zero-order valence-corrected chi connectivity index (χ0v) is 16.6. The number of aromatic nitrogens is 4. The fraction of sp³-hybridized carbons (Fsp3) is 0.350. The van der Waals surface area contributed by atoms with Gasteiger partial charge in [-0.05, 0) is 43.6 Å². The van der Waals surface area contributed by atoms with Crippen LogP contribution in [-0.4, -0.2) is 38.6 Å². The van der Waals surface area contributed by atoms with Gasteiger partial charge in [0, 0.05) is 11.8 Å². The summed E-state index contributed by atoms with van der Waals surface area (Å²) in [6.45, 7) is 1.76. The van der Waals surface area contributed by atoms with E-state index in [2.05, 4.69) is 15.5 Å². The second kappa shape index (κ2) is 8.06. The highest BCUT2D eigenvalue weighted by Crippen LogP contribution is 2.32. The van der Waals surface area contributed by atoms with Gasteiger partial charge in [0.15, 0.2) is 0 Å². The molecule has 0 radical (unpaired) electrons. The molecule has 0 bridgehead atoms. The average molecular weight is 433 g/mol. The van der Waals surface area contributed by atoms with Gasteiger partial charge in [0.1, 0.15) is 17.1 Å². The number of alkyl halides is 3. The third kappa shape index (κ3) is 4.26. The van der Waals surface area contributed by atoms with E-state index in [1.165, 1.54) is 16.9 Å². The molecule has 1 aliphatic rings. The third-order valence-corrected chi connectivity index (χ3v) is 5.35. The molecule has 4 rings (SSSR count). The van der Waals surface area contributed by atoms with Gasteiger partial charge < -0.3 is 16.8 Å². The predicted molar refractivity (Wildman–Crippen MR) is 108 cm³/mol. The van der Waals surface area contributed by atoms with E-state index < -0.39 is 17.6 Å². The predicted octanol–water partition coefficient (Wildman–Crippen LogP) is 2.42. The van der Waals surface area contributed by atoms with Gasteiger partial charge in [-0.15, -0.1) is 0 Å². The van der Waals surface area contributed by atoms with Crippen molar-refractivity contribution in [3.63, 3.8) is 0 Å². The number of nitrogens with zero attached hydrogens (tertiary/aromatic N) is 4. The van der Waals surface area contributed by atoms with Crippen LogP contribution in [0.25, 0.3) is 11.3 Å². The van der Waals surface area contributed by atoms with Crippen molar-refractivity contribution in [3.05, 3.63) is 53.3 Å². The number of nitrogens with two attached hydrogens (primary N) is 2. The molecule has 164 valence electrons. The summed E-state index contributed by atoms with van der Waals surface area (Å²) in [5.41, 5.74) is 12.4. The summed E-state index contributed by atoms with van der Waals surface area (Å²) >= 11 is 0. The number of primary amides is 1. The number of halogens is 3. The van der Waals surface area contributed by atoms with E-state index >= 15 is 0 Å². The van der Waals surface area contributed by atoms with Crippen molar-refractivity contribution in [2.24, 2.45) is 5.73 Å². The van der Waals surface area contributed by atoms with Crippen LogP contribution >= 0.6 is 0 Å². The first kappa shape index (κ1) is 20.9. The lowest BCUT2D eigenvalue weighted by Gasteiger charge is -2.23. The van der Waals surface area contributed by atoms with Crippen LogP contribution in [-0.2, 0) is 12.7 Å². The summed E-state index contributed by atoms with van der Waals surface area (Å²) in [4.78, 5) is 12.1. The van der Waals surface area contributed by atoms with E-state index in [1.807, 2.05) is 0 Å². The molecule has 1 amide bonds. The van der Waals surface area contributed by atoms with Crippen LogP contribution in [0.5, 0.6) is 0 Å². The molecule has 5 N–H and O–H groups in total. The maximum Gasteiger partial charge on any atom is 0.416 e. The summed E-state index contributed by atoms with van der Waals surface area (Å²) in [5.74, 6) is -0.488. The number of hydrogen-bond acceptors (Lipinski definition) is 5. The van der Waals surface area contributed by atoms with Crippen molar-refractivity contribution in [2.45, 2.75) is 31.6 Å². The van der Waals surface area contributed by atoms with Crippen molar-refractivity contribution in [2.75, 3.05) is 18.8 Å². The molecular weight excluding hydrogens is 411 g/mol. The molecule has 1 saturated heterocycles. The zero-order chi connectivity index (χ0) is 22.2. The van der Waals surface area contributed by atoms with Crippen LogP contribution in [0.2, 0.25) is 0 Å². The number of benzene rings is 1. The maximum atomic E-state index is 13.0. The van der Waals surface area contributed by atoms with Crippen molar-refractivity contribution < 1.29 is 18.0 Å². The minimum absolute atomic E-state index is 0.0493. The Kier molecular flexibility index (Phi) is 5.44. The minimum Gasteiger partial charge on any atom is -0.383 e. The van der Waals surface area contributed by atoms with Gasteiger partial charge in [0.2, 0.25) is 0 Å². The van der Waals surface area contributed by atoms with Crippen LogP contribution in [0.15, 0.2) is 36.7 Å². The lowest BCUT2D eigenvalue weighted by atomic mass is 10.1. The largest absolute Gasteiger partial charge is 0.416 e. The first-order valence-corrected chi connectivity index (χ1v) is 9.81. The second-order valence-corrected chi connectivity index (χ2v) is 7.52. The van der Waals surface area contributed by atoms with Crippen molar-refractivity contribution in [1.29, 1.82) is 0 Å². The maximum absolute atomic E-state index is 13.0. The van der Waals surface area contributed by atoms with Gasteiger partial charge in [-0.3, -0.25) is 9.48 Å². The lowest BCUT2D eigenvalue weighted by molar-refractivity contribution is -0.137. The molecule has 11 heteroatoms. The molecule has 1 aliphatic heterocycles. The molecule has 0 unspecified atom stereocenters. The molecule has 3 aromatic rings. The van der Waals surface area contributed by atoms with Crippen LogP contribution in [0.3, 0.4) is 0 Å². The van der Waals surface area contributed by atoms with Gasteiger partial charge >= 0.3 is 6.18 Å². The zero-order valence-electron chi connectivity index (χ0n) is 16.6. The highest BCUT2D eigenvalue weighted by atomic mass is 19.4. The summed E-state index contributed by atoms with van der Waals surface area (Å²) in [6, 6.07) is 5.10. The number of hydrogen-bond donors (Lipinski definition) is 3. The molecule has 2 aromatic heterocycles. The van der Waals surface area contributed by atoms with E-state index in [-0.39, 0.29) is 24.0 Å². The Labute approximate surface area is 176 Å². The number of carbonyl (C=O) groups is 1. The number of carbonyl (C=O) groups excluding carboxylic acids is 1. The van der Waals surface area contributed by atoms with E-state index in [0.717, 1.165) is 38.1 Å². The summed E-state index contributed by atoms with van der Waals surface area (Å²) < 4.78 is 42.0. The average Bonchev–Trinajstić information content (AvgIpc) is 3.32. The van der Waals surface area contributed by atoms with Gasteiger partial charge in [-0.2, -0.15) is 23.4 Å². The van der Waals surface area contributed by atoms with Gasteiger partial charge in [0.05, 0.1) is 24.3 Å². The van der Waals surface area contributed by atoms with Crippen molar-refractivity contribution in [1.82, 2.24) is 24.9 Å². The van der Waals surface area contributed by atoms with Crippen LogP contribution in [0.4, 0.5) is 19.0 Å². The van der Waals surface area contributed by atoms with E-state index in [1.54, 1.807) is 16.9 Å². The van der Waals surface area contributed by atoms with Crippen molar-refractivity contribution in [3.8, 4) is 11.3 Å². The number of anilines is 1. The molecule has 3 heterocycles. The number of amides is 1. The Morgan fingerprint density at radius 1 is 1.26 bits per heavy atom. The third-order valence-electron chi connectivity index (χ3n) is 5.35. The Bertz CT molecular complexity index is 1100. The van der Waals surface area contributed by atoms with E-state index in [4.69, 9.17) is 11.5 Å². The summed E-state index contributed by atoms with van der Waals surface area (Å²) in [7, 11) is 0. The number of nitrogen functional groups attached to an aromatic ring is 1. The monoisotopic (exact) mass is 433 g/mol. The first-order chi connectivity index (χ1) is 14.7. The summed E-state index contributed by atoms with van der Waals surface area (Å²) in [6.07, 6.45) is 0.327. The molecule has 0 atom stereocenters. The lowest BCUT2D eigenvalue weighted by Crippen LogP contribution is -2.30. The fourth-order valence-electron chi connectivity index (χ4n) is 3.83. The molecular formula is C20H22F3N7O. The Morgan fingerprint density at radius 3 is 2.68 bits per heavy atom. The quantitative estimate of drug-likeness (QED) is 0.571. The normalized spacial score (nSPS) is 15.3. The Hall–Kier alpha value is -3.34. The SMILES string of the molecule is NC(=O)c1c(-c2cnn(Cc3cccc(C(F)(F)F)c3)c2)nn(C2CCNCC2)c1N. The molecule has 0 aliphatic carbocycles. The number of nitrogens with one attached hydrogen (secondary N) is 1. The first-order valence-electron chi connectivity index (χ1n) is 9.81. The molecule has 8 nitrogen and oxygen atoms in total. The van der Waals surface area contributed by atoms with Crippen LogP contribution < -0.4 is 16.8 Å². The molecule has 0 saturated carbocycles.